The number of hydrogen-bond acceptors (Lipinski definition) is 2. The fraction of sp³-hybridized carbons (Fsp3) is 0.412. The van der Waals surface area contributed by atoms with Gasteiger partial charge >= 0.3 is 5.97 Å². The van der Waals surface area contributed by atoms with Gasteiger partial charge in [0.2, 0.25) is 5.91 Å². The standard InChI is InChI=1S/C17H20N2O3/c20-16(19-13-7-5-11(9-13)17(21)22)8-6-12-10-18-15-4-2-1-3-14(12)15/h1-4,10-11,13,18H,5-9H2,(H,19,20)(H,21,22)/t11-,13+/m0/s1. The minimum absolute atomic E-state index is 0.00122. The second kappa shape index (κ2) is 6.22. The van der Waals surface area contributed by atoms with E-state index in [2.05, 4.69) is 10.3 Å². The van der Waals surface area contributed by atoms with Crippen LogP contribution >= 0.6 is 0 Å². The first-order valence-electron chi connectivity index (χ1n) is 7.70. The van der Waals surface area contributed by atoms with Crippen molar-refractivity contribution < 1.29 is 14.7 Å². The summed E-state index contributed by atoms with van der Waals surface area (Å²) in [5.74, 6) is -1.06. The molecule has 0 saturated heterocycles. The minimum Gasteiger partial charge on any atom is -0.481 e. The number of carbonyl (C=O) groups excluding carboxylic acids is 1. The van der Waals surface area contributed by atoms with Crippen molar-refractivity contribution in [3.8, 4) is 0 Å². The Morgan fingerprint density at radius 1 is 1.27 bits per heavy atom. The van der Waals surface area contributed by atoms with Crippen LogP contribution in [-0.2, 0) is 16.0 Å². The molecule has 116 valence electrons. The van der Waals surface area contributed by atoms with Gasteiger partial charge in [-0.15, -0.1) is 0 Å². The van der Waals surface area contributed by atoms with Crippen LogP contribution in [0.2, 0.25) is 0 Å². The maximum atomic E-state index is 12.0. The largest absolute Gasteiger partial charge is 0.481 e. The smallest absolute Gasteiger partial charge is 0.306 e. The molecule has 3 N–H and O–H groups in total. The lowest BCUT2D eigenvalue weighted by Crippen LogP contribution is -2.33. The van der Waals surface area contributed by atoms with E-state index in [1.807, 2.05) is 30.5 Å². The highest BCUT2D eigenvalue weighted by Crippen LogP contribution is 2.26. The molecule has 0 spiro atoms. The highest BCUT2D eigenvalue weighted by atomic mass is 16.4. The van der Waals surface area contributed by atoms with E-state index in [1.165, 1.54) is 0 Å². The second-order valence-electron chi connectivity index (χ2n) is 5.97. The number of rotatable bonds is 5. The molecular weight excluding hydrogens is 280 g/mol. The van der Waals surface area contributed by atoms with Gasteiger partial charge in [0, 0.05) is 29.6 Å². The molecule has 1 fully saturated rings. The van der Waals surface area contributed by atoms with Crippen molar-refractivity contribution in [2.24, 2.45) is 5.92 Å². The minimum atomic E-state index is -0.754. The van der Waals surface area contributed by atoms with Crippen LogP contribution in [0.15, 0.2) is 30.5 Å². The zero-order chi connectivity index (χ0) is 15.5. The Morgan fingerprint density at radius 3 is 2.86 bits per heavy atom. The number of carboxylic acid groups (broad SMARTS) is 1. The van der Waals surface area contributed by atoms with Gasteiger partial charge in [-0.2, -0.15) is 0 Å². The van der Waals surface area contributed by atoms with Crippen molar-refractivity contribution in [3.63, 3.8) is 0 Å². The number of H-pyrrole nitrogens is 1. The summed E-state index contributed by atoms with van der Waals surface area (Å²) < 4.78 is 0. The molecule has 5 nitrogen and oxygen atoms in total. The summed E-state index contributed by atoms with van der Waals surface area (Å²) >= 11 is 0. The maximum absolute atomic E-state index is 12.0. The molecule has 1 aliphatic carbocycles. The molecule has 3 rings (SSSR count). The Morgan fingerprint density at radius 2 is 2.09 bits per heavy atom. The molecule has 22 heavy (non-hydrogen) atoms. The van der Waals surface area contributed by atoms with Gasteiger partial charge in [0.1, 0.15) is 0 Å². The lowest BCUT2D eigenvalue weighted by molar-refractivity contribution is -0.141. The van der Waals surface area contributed by atoms with E-state index in [0.717, 1.165) is 22.9 Å². The van der Waals surface area contributed by atoms with Gasteiger partial charge in [0.15, 0.2) is 0 Å². The van der Waals surface area contributed by atoms with E-state index in [1.54, 1.807) is 0 Å². The third kappa shape index (κ3) is 3.13. The third-order valence-electron chi connectivity index (χ3n) is 4.44. The zero-order valence-electron chi connectivity index (χ0n) is 12.3. The predicted octanol–water partition coefficient (Wildman–Crippen LogP) is 2.47. The molecule has 1 saturated carbocycles. The van der Waals surface area contributed by atoms with Gasteiger partial charge in [-0.1, -0.05) is 18.2 Å². The Kier molecular flexibility index (Phi) is 4.13. The van der Waals surface area contributed by atoms with Crippen LogP contribution in [-0.4, -0.2) is 28.0 Å². The number of nitrogens with one attached hydrogen (secondary N) is 2. The number of aromatic amines is 1. The number of aliphatic carboxylic acids is 1. The summed E-state index contributed by atoms with van der Waals surface area (Å²) in [5.41, 5.74) is 2.22. The third-order valence-corrected chi connectivity index (χ3v) is 4.44. The Labute approximate surface area is 128 Å². The number of carboxylic acids is 1. The summed E-state index contributed by atoms with van der Waals surface area (Å²) in [6, 6.07) is 8.05. The zero-order valence-corrected chi connectivity index (χ0v) is 12.3. The van der Waals surface area contributed by atoms with Gasteiger partial charge < -0.3 is 15.4 Å². The normalized spacial score (nSPS) is 21.1. The molecule has 1 heterocycles. The molecular formula is C17H20N2O3. The van der Waals surface area contributed by atoms with Crippen LogP contribution in [0.1, 0.15) is 31.2 Å². The molecule has 2 atom stereocenters. The van der Waals surface area contributed by atoms with Crippen molar-refractivity contribution in [3.05, 3.63) is 36.0 Å². The molecule has 1 aromatic heterocycles. The molecule has 1 aliphatic rings. The first-order chi connectivity index (χ1) is 10.6. The SMILES string of the molecule is O=C(CCc1c[nH]c2ccccc12)N[C@@H]1CC[C@H](C(=O)O)C1. The van der Waals surface area contributed by atoms with E-state index in [9.17, 15) is 9.59 Å². The summed E-state index contributed by atoms with van der Waals surface area (Å²) in [6.07, 6.45) is 5.03. The Balaban J connectivity index is 1.52. The van der Waals surface area contributed by atoms with Crippen molar-refractivity contribution in [2.75, 3.05) is 0 Å². The van der Waals surface area contributed by atoms with Crippen LogP contribution in [0, 0.1) is 5.92 Å². The highest BCUT2D eigenvalue weighted by molar-refractivity contribution is 5.84. The van der Waals surface area contributed by atoms with Gasteiger partial charge in [0.05, 0.1) is 5.92 Å². The molecule has 1 aromatic carbocycles. The lowest BCUT2D eigenvalue weighted by atomic mass is 10.1. The fourth-order valence-electron chi connectivity index (χ4n) is 3.22. The molecule has 5 heteroatoms. The number of hydrogen-bond donors (Lipinski definition) is 3. The second-order valence-corrected chi connectivity index (χ2v) is 5.97. The van der Waals surface area contributed by atoms with Crippen molar-refractivity contribution in [1.82, 2.24) is 10.3 Å². The molecule has 1 amide bonds. The maximum Gasteiger partial charge on any atom is 0.306 e. The van der Waals surface area contributed by atoms with E-state index >= 15 is 0 Å². The highest BCUT2D eigenvalue weighted by Gasteiger charge is 2.30. The molecule has 0 unspecified atom stereocenters. The molecule has 0 radical (unpaired) electrons. The van der Waals surface area contributed by atoms with Crippen LogP contribution < -0.4 is 5.32 Å². The predicted molar refractivity (Wildman–Crippen MR) is 83.5 cm³/mol. The number of benzene rings is 1. The topological polar surface area (TPSA) is 82.2 Å². The monoisotopic (exact) mass is 300 g/mol. The first kappa shape index (κ1) is 14.6. The number of aryl methyl sites for hydroxylation is 1. The van der Waals surface area contributed by atoms with E-state index in [0.29, 0.717) is 25.7 Å². The van der Waals surface area contributed by atoms with Gasteiger partial charge in [0.25, 0.3) is 0 Å². The van der Waals surface area contributed by atoms with E-state index < -0.39 is 5.97 Å². The lowest BCUT2D eigenvalue weighted by Gasteiger charge is -2.12. The van der Waals surface area contributed by atoms with E-state index in [-0.39, 0.29) is 17.9 Å². The average molecular weight is 300 g/mol. The number of aromatic nitrogens is 1. The number of para-hydroxylation sites is 1. The molecule has 2 aromatic rings. The summed E-state index contributed by atoms with van der Waals surface area (Å²) in [4.78, 5) is 26.2. The number of fused-ring (bicyclic) bond motifs is 1. The van der Waals surface area contributed by atoms with Crippen molar-refractivity contribution >= 4 is 22.8 Å². The summed E-state index contributed by atoms with van der Waals surface area (Å²) in [7, 11) is 0. The number of carbonyl (C=O) groups is 2. The van der Waals surface area contributed by atoms with Crippen LogP contribution in [0.4, 0.5) is 0 Å². The Hall–Kier alpha value is -2.30. The Bertz CT molecular complexity index is 692. The summed E-state index contributed by atoms with van der Waals surface area (Å²) in [6.45, 7) is 0. The van der Waals surface area contributed by atoms with Crippen molar-refractivity contribution in [1.29, 1.82) is 0 Å². The van der Waals surface area contributed by atoms with Crippen LogP contribution in [0.5, 0.6) is 0 Å². The van der Waals surface area contributed by atoms with Crippen LogP contribution in [0.3, 0.4) is 0 Å². The van der Waals surface area contributed by atoms with Crippen molar-refractivity contribution in [2.45, 2.75) is 38.1 Å². The van der Waals surface area contributed by atoms with Gasteiger partial charge in [-0.25, -0.2) is 0 Å². The first-order valence-corrected chi connectivity index (χ1v) is 7.70. The van der Waals surface area contributed by atoms with E-state index in [4.69, 9.17) is 5.11 Å². The molecule has 0 aliphatic heterocycles. The fourth-order valence-corrected chi connectivity index (χ4v) is 3.22. The quantitative estimate of drug-likeness (QED) is 0.793. The number of amides is 1. The average Bonchev–Trinajstić information content (AvgIpc) is 3.12. The van der Waals surface area contributed by atoms with Gasteiger partial charge in [-0.05, 0) is 37.3 Å². The summed E-state index contributed by atoms with van der Waals surface area (Å²) in [5, 5.41) is 13.1. The van der Waals surface area contributed by atoms with Gasteiger partial charge in [-0.3, -0.25) is 9.59 Å². The van der Waals surface area contributed by atoms with Crippen LogP contribution in [0.25, 0.3) is 10.9 Å². The molecule has 0 bridgehead atoms.